The van der Waals surface area contributed by atoms with Crippen molar-refractivity contribution >= 4 is 12.0 Å². The maximum absolute atomic E-state index is 11.7. The van der Waals surface area contributed by atoms with Crippen molar-refractivity contribution in [1.82, 2.24) is 10.2 Å². The van der Waals surface area contributed by atoms with Gasteiger partial charge in [0.05, 0.1) is 6.61 Å². The molecule has 0 aromatic carbocycles. The molecule has 2 amide bonds. The molecular weight excluding hydrogens is 268 g/mol. The standard InChI is InChI=1S/C16H30N2O3/c1-2-3-4-5-6-7-8-9-10-13-21-16(20)18-12-11-17-15(19)14-18/h2-14H2,1H3,(H,17,19). The second kappa shape index (κ2) is 11.4. The third-order valence-corrected chi connectivity index (χ3v) is 3.77. The first kappa shape index (κ1) is 17.8. The van der Waals surface area contributed by atoms with Crippen LogP contribution in [0.4, 0.5) is 4.79 Å². The lowest BCUT2D eigenvalue weighted by molar-refractivity contribution is -0.123. The van der Waals surface area contributed by atoms with Crippen molar-refractivity contribution in [2.75, 3.05) is 26.2 Å². The molecule has 1 aliphatic rings. The predicted octanol–water partition coefficient (Wildman–Crippen LogP) is 3.09. The Hall–Kier alpha value is -1.26. The van der Waals surface area contributed by atoms with Gasteiger partial charge in [0.2, 0.25) is 5.91 Å². The fourth-order valence-electron chi connectivity index (χ4n) is 2.46. The molecule has 1 N–H and O–H groups in total. The van der Waals surface area contributed by atoms with Crippen LogP contribution in [0.15, 0.2) is 0 Å². The van der Waals surface area contributed by atoms with E-state index in [1.807, 2.05) is 0 Å². The van der Waals surface area contributed by atoms with E-state index in [0.29, 0.717) is 19.7 Å². The zero-order valence-electron chi connectivity index (χ0n) is 13.4. The van der Waals surface area contributed by atoms with Gasteiger partial charge in [-0.2, -0.15) is 0 Å². The van der Waals surface area contributed by atoms with E-state index in [1.54, 1.807) is 0 Å². The average Bonchev–Trinajstić information content (AvgIpc) is 2.49. The number of amides is 2. The summed E-state index contributed by atoms with van der Waals surface area (Å²) >= 11 is 0. The molecule has 1 fully saturated rings. The van der Waals surface area contributed by atoms with Crippen LogP contribution in [0.5, 0.6) is 0 Å². The first-order valence-electron chi connectivity index (χ1n) is 8.42. The molecule has 0 aromatic heterocycles. The Bertz CT molecular complexity index is 308. The van der Waals surface area contributed by atoms with E-state index in [4.69, 9.17) is 4.74 Å². The lowest BCUT2D eigenvalue weighted by atomic mass is 10.1. The number of rotatable bonds is 10. The third kappa shape index (κ3) is 8.58. The summed E-state index contributed by atoms with van der Waals surface area (Å²) in [6, 6.07) is 0. The second-order valence-electron chi connectivity index (χ2n) is 5.71. The van der Waals surface area contributed by atoms with E-state index in [2.05, 4.69) is 12.2 Å². The Kier molecular flexibility index (Phi) is 9.66. The number of carbonyl (C=O) groups excluding carboxylic acids is 2. The molecule has 5 nitrogen and oxygen atoms in total. The minimum Gasteiger partial charge on any atom is -0.449 e. The van der Waals surface area contributed by atoms with E-state index >= 15 is 0 Å². The predicted molar refractivity (Wildman–Crippen MR) is 83.2 cm³/mol. The van der Waals surface area contributed by atoms with Gasteiger partial charge in [0.25, 0.3) is 0 Å². The number of unbranched alkanes of at least 4 members (excludes halogenated alkanes) is 8. The van der Waals surface area contributed by atoms with Crippen molar-refractivity contribution < 1.29 is 14.3 Å². The van der Waals surface area contributed by atoms with Crippen molar-refractivity contribution in [1.29, 1.82) is 0 Å². The Balaban J connectivity index is 1.89. The topological polar surface area (TPSA) is 58.6 Å². The smallest absolute Gasteiger partial charge is 0.410 e. The van der Waals surface area contributed by atoms with E-state index in [0.717, 1.165) is 12.8 Å². The largest absolute Gasteiger partial charge is 0.449 e. The molecule has 1 heterocycles. The lowest BCUT2D eigenvalue weighted by Gasteiger charge is -2.25. The molecule has 0 spiro atoms. The van der Waals surface area contributed by atoms with E-state index in [9.17, 15) is 9.59 Å². The Morgan fingerprint density at radius 1 is 1.10 bits per heavy atom. The summed E-state index contributed by atoms with van der Waals surface area (Å²) in [6.45, 7) is 3.88. The molecule has 0 bridgehead atoms. The maximum Gasteiger partial charge on any atom is 0.410 e. The third-order valence-electron chi connectivity index (χ3n) is 3.77. The Labute approximate surface area is 128 Å². The van der Waals surface area contributed by atoms with Crippen LogP contribution in [0.1, 0.15) is 64.7 Å². The number of nitrogens with one attached hydrogen (secondary N) is 1. The molecule has 0 atom stereocenters. The van der Waals surface area contributed by atoms with Crippen LogP contribution < -0.4 is 5.32 Å². The van der Waals surface area contributed by atoms with Gasteiger partial charge in [-0.05, 0) is 6.42 Å². The summed E-state index contributed by atoms with van der Waals surface area (Å²) in [4.78, 5) is 24.3. The van der Waals surface area contributed by atoms with Gasteiger partial charge in [-0.25, -0.2) is 4.79 Å². The highest BCUT2D eigenvalue weighted by molar-refractivity contribution is 5.83. The van der Waals surface area contributed by atoms with Gasteiger partial charge in [-0.3, -0.25) is 9.69 Å². The molecule has 21 heavy (non-hydrogen) atoms. The molecular formula is C16H30N2O3. The van der Waals surface area contributed by atoms with Crippen LogP contribution in [-0.4, -0.2) is 43.1 Å². The zero-order valence-corrected chi connectivity index (χ0v) is 13.4. The first-order chi connectivity index (χ1) is 10.2. The van der Waals surface area contributed by atoms with Crippen LogP contribution in [0.2, 0.25) is 0 Å². The minimum absolute atomic E-state index is 0.110. The normalized spacial score (nSPS) is 14.9. The fourth-order valence-corrected chi connectivity index (χ4v) is 2.46. The molecule has 0 aliphatic carbocycles. The van der Waals surface area contributed by atoms with Crippen LogP contribution in [0.25, 0.3) is 0 Å². The first-order valence-corrected chi connectivity index (χ1v) is 8.42. The van der Waals surface area contributed by atoms with Crippen molar-refractivity contribution in [2.45, 2.75) is 64.7 Å². The molecule has 0 aromatic rings. The number of hydrogen-bond acceptors (Lipinski definition) is 3. The SMILES string of the molecule is CCCCCCCCCCCOC(=O)N1CCNC(=O)C1. The molecule has 1 aliphatic heterocycles. The van der Waals surface area contributed by atoms with Crippen LogP contribution >= 0.6 is 0 Å². The fraction of sp³-hybridized carbons (Fsp3) is 0.875. The highest BCUT2D eigenvalue weighted by atomic mass is 16.6. The minimum atomic E-state index is -0.357. The van der Waals surface area contributed by atoms with Crippen molar-refractivity contribution in [3.8, 4) is 0 Å². The number of nitrogens with zero attached hydrogens (tertiary/aromatic N) is 1. The van der Waals surface area contributed by atoms with Gasteiger partial charge in [-0.15, -0.1) is 0 Å². The van der Waals surface area contributed by atoms with Gasteiger partial charge < -0.3 is 10.1 Å². The summed E-state index contributed by atoms with van der Waals surface area (Å²) < 4.78 is 5.20. The van der Waals surface area contributed by atoms with Crippen LogP contribution in [0.3, 0.4) is 0 Å². The van der Waals surface area contributed by atoms with Crippen LogP contribution in [0, 0.1) is 0 Å². The molecule has 1 rings (SSSR count). The van der Waals surface area contributed by atoms with Crippen LogP contribution in [-0.2, 0) is 9.53 Å². The average molecular weight is 298 g/mol. The number of hydrogen-bond donors (Lipinski definition) is 1. The molecule has 0 unspecified atom stereocenters. The van der Waals surface area contributed by atoms with Gasteiger partial charge in [-0.1, -0.05) is 58.3 Å². The van der Waals surface area contributed by atoms with E-state index in [-0.39, 0.29) is 18.5 Å². The quantitative estimate of drug-likeness (QED) is 0.631. The van der Waals surface area contributed by atoms with Gasteiger partial charge >= 0.3 is 6.09 Å². The number of piperazine rings is 1. The van der Waals surface area contributed by atoms with Crippen molar-refractivity contribution in [3.05, 3.63) is 0 Å². The summed E-state index contributed by atoms with van der Waals surface area (Å²) in [5.41, 5.74) is 0. The summed E-state index contributed by atoms with van der Waals surface area (Å²) in [5.74, 6) is -0.110. The monoisotopic (exact) mass is 298 g/mol. The molecule has 122 valence electrons. The van der Waals surface area contributed by atoms with E-state index in [1.165, 1.54) is 49.8 Å². The lowest BCUT2D eigenvalue weighted by Crippen LogP contribution is -2.50. The second-order valence-corrected chi connectivity index (χ2v) is 5.71. The molecule has 0 saturated carbocycles. The molecule has 5 heteroatoms. The highest BCUT2D eigenvalue weighted by Gasteiger charge is 2.21. The van der Waals surface area contributed by atoms with Crippen molar-refractivity contribution in [3.63, 3.8) is 0 Å². The number of carbonyl (C=O) groups is 2. The summed E-state index contributed by atoms with van der Waals surface area (Å²) in [5, 5.41) is 2.69. The Morgan fingerprint density at radius 2 is 1.71 bits per heavy atom. The highest BCUT2D eigenvalue weighted by Crippen LogP contribution is 2.09. The maximum atomic E-state index is 11.7. The van der Waals surface area contributed by atoms with Gasteiger partial charge in [0.1, 0.15) is 6.54 Å². The summed E-state index contributed by atoms with van der Waals surface area (Å²) in [7, 11) is 0. The number of ether oxygens (including phenoxy) is 1. The zero-order chi connectivity index (χ0) is 15.3. The summed E-state index contributed by atoms with van der Waals surface area (Å²) in [6.07, 6.45) is 10.8. The van der Waals surface area contributed by atoms with Crippen molar-refractivity contribution in [2.24, 2.45) is 0 Å². The molecule has 1 saturated heterocycles. The Morgan fingerprint density at radius 3 is 2.33 bits per heavy atom. The van der Waals surface area contributed by atoms with E-state index < -0.39 is 0 Å². The molecule has 0 radical (unpaired) electrons. The van der Waals surface area contributed by atoms with Gasteiger partial charge in [0, 0.05) is 13.1 Å². The van der Waals surface area contributed by atoms with Gasteiger partial charge in [0.15, 0.2) is 0 Å².